The summed E-state index contributed by atoms with van der Waals surface area (Å²) in [6, 6.07) is 12.2. The van der Waals surface area contributed by atoms with Crippen LogP contribution in [-0.2, 0) is 22.6 Å². The molecule has 1 aromatic heterocycles. The van der Waals surface area contributed by atoms with Gasteiger partial charge < -0.3 is 19.5 Å². The van der Waals surface area contributed by atoms with Gasteiger partial charge in [0.25, 0.3) is 5.91 Å². The van der Waals surface area contributed by atoms with E-state index < -0.39 is 11.9 Å². The van der Waals surface area contributed by atoms with E-state index in [4.69, 9.17) is 14.2 Å². The van der Waals surface area contributed by atoms with Gasteiger partial charge in [0.2, 0.25) is 5.01 Å². The number of amides is 1. The molecule has 1 N–H and O–H groups in total. The molecule has 3 rings (SSSR count). The number of methoxy groups -OCH3 is 1. The highest BCUT2D eigenvalue weighted by Crippen LogP contribution is 2.28. The van der Waals surface area contributed by atoms with Crippen LogP contribution in [0.1, 0.15) is 44.6 Å². The molecule has 10 heteroatoms. The van der Waals surface area contributed by atoms with Crippen molar-refractivity contribution in [1.29, 1.82) is 0 Å². The van der Waals surface area contributed by atoms with Gasteiger partial charge in [0.05, 0.1) is 7.11 Å². The van der Waals surface area contributed by atoms with Crippen LogP contribution in [0.4, 0.5) is 5.69 Å². The summed E-state index contributed by atoms with van der Waals surface area (Å²) in [5, 5.41) is 11.0. The van der Waals surface area contributed by atoms with Crippen molar-refractivity contribution in [3.63, 3.8) is 0 Å². The van der Waals surface area contributed by atoms with Crippen molar-refractivity contribution >= 4 is 34.7 Å². The number of nitrogens with one attached hydrogen (secondary N) is 1. The molecule has 2 aromatic carbocycles. The molecule has 3 aromatic rings. The Balaban J connectivity index is 1.49. The van der Waals surface area contributed by atoms with Crippen molar-refractivity contribution in [1.82, 2.24) is 10.2 Å². The first-order chi connectivity index (χ1) is 15.9. The summed E-state index contributed by atoms with van der Waals surface area (Å²) >= 11 is 1.03. The van der Waals surface area contributed by atoms with Gasteiger partial charge in [-0.25, -0.2) is 4.79 Å². The Morgan fingerprint density at radius 2 is 1.79 bits per heavy atom. The largest absolute Gasteiger partial charge is 0.493 e. The Morgan fingerprint density at radius 3 is 2.45 bits per heavy atom. The maximum absolute atomic E-state index is 12.3. The Morgan fingerprint density at radius 1 is 1.03 bits per heavy atom. The van der Waals surface area contributed by atoms with Crippen molar-refractivity contribution in [3.8, 4) is 11.5 Å². The Kier molecular flexibility index (Phi) is 8.09. The summed E-state index contributed by atoms with van der Waals surface area (Å²) in [4.78, 5) is 35.8. The van der Waals surface area contributed by atoms with Gasteiger partial charge in [0.1, 0.15) is 6.61 Å². The van der Waals surface area contributed by atoms with Gasteiger partial charge >= 0.3 is 5.97 Å². The number of ether oxygens (including phenoxy) is 3. The van der Waals surface area contributed by atoms with Gasteiger partial charge in [-0.05, 0) is 49.2 Å². The molecule has 0 saturated carbocycles. The van der Waals surface area contributed by atoms with E-state index in [-0.39, 0.29) is 24.0 Å². The number of hydrogen-bond acceptors (Lipinski definition) is 9. The standard InChI is InChI=1S/C23H23N3O6S/c1-4-15-5-8-17(9-6-15)24-22(29)23-26-25-20(33-23)12-32-21(28)13-31-18-10-7-16(14(2)27)11-19(18)30-3/h5-11H,4,12-13H2,1-3H3,(H,24,29). The van der Waals surface area contributed by atoms with Crippen molar-refractivity contribution in [2.45, 2.75) is 26.9 Å². The van der Waals surface area contributed by atoms with Crippen LogP contribution in [0.5, 0.6) is 11.5 Å². The number of hydrogen-bond donors (Lipinski definition) is 1. The van der Waals surface area contributed by atoms with E-state index in [2.05, 4.69) is 22.4 Å². The number of benzene rings is 2. The summed E-state index contributed by atoms with van der Waals surface area (Å²) < 4.78 is 15.8. The van der Waals surface area contributed by atoms with Crippen molar-refractivity contribution in [2.75, 3.05) is 19.0 Å². The van der Waals surface area contributed by atoms with Crippen LogP contribution in [0.2, 0.25) is 0 Å². The summed E-state index contributed by atoms with van der Waals surface area (Å²) in [6.07, 6.45) is 0.914. The average molecular weight is 470 g/mol. The number of ketones is 1. The molecular weight excluding hydrogens is 446 g/mol. The van der Waals surface area contributed by atoms with Crippen LogP contribution < -0.4 is 14.8 Å². The van der Waals surface area contributed by atoms with Crippen LogP contribution in [0.15, 0.2) is 42.5 Å². The Hall–Kier alpha value is -3.79. The monoisotopic (exact) mass is 469 g/mol. The Labute approximate surface area is 194 Å². The maximum atomic E-state index is 12.3. The Bertz CT molecular complexity index is 1140. The molecular formula is C23H23N3O6S. The van der Waals surface area contributed by atoms with Crippen LogP contribution in [0, 0.1) is 0 Å². The van der Waals surface area contributed by atoms with Gasteiger partial charge in [0, 0.05) is 11.3 Å². The summed E-state index contributed by atoms with van der Waals surface area (Å²) in [6.45, 7) is 2.99. The molecule has 9 nitrogen and oxygen atoms in total. The molecule has 33 heavy (non-hydrogen) atoms. The first kappa shape index (κ1) is 23.9. The van der Waals surface area contributed by atoms with Gasteiger partial charge in [-0.2, -0.15) is 0 Å². The van der Waals surface area contributed by atoms with Crippen molar-refractivity contribution in [3.05, 3.63) is 63.6 Å². The molecule has 1 heterocycles. The maximum Gasteiger partial charge on any atom is 0.344 e. The number of aromatic nitrogens is 2. The zero-order valence-corrected chi connectivity index (χ0v) is 19.2. The van der Waals surface area contributed by atoms with E-state index in [9.17, 15) is 14.4 Å². The predicted octanol–water partition coefficient (Wildman–Crippen LogP) is 3.69. The number of aryl methyl sites for hydroxylation is 1. The number of carbonyl (C=O) groups is 3. The minimum absolute atomic E-state index is 0.112. The second kappa shape index (κ2) is 11.2. The molecule has 0 bridgehead atoms. The van der Waals surface area contributed by atoms with E-state index in [1.54, 1.807) is 12.1 Å². The van der Waals surface area contributed by atoms with E-state index in [1.807, 2.05) is 24.3 Å². The van der Waals surface area contributed by atoms with E-state index in [0.29, 0.717) is 27.8 Å². The first-order valence-corrected chi connectivity index (χ1v) is 10.9. The molecule has 0 saturated heterocycles. The highest BCUT2D eigenvalue weighted by molar-refractivity contribution is 7.13. The second-order valence-electron chi connectivity index (χ2n) is 6.88. The lowest BCUT2D eigenvalue weighted by Gasteiger charge is -2.11. The fourth-order valence-electron chi connectivity index (χ4n) is 2.74. The quantitative estimate of drug-likeness (QED) is 0.353. The highest BCUT2D eigenvalue weighted by Gasteiger charge is 2.15. The van der Waals surface area contributed by atoms with Gasteiger partial charge in [0.15, 0.2) is 28.9 Å². The van der Waals surface area contributed by atoms with Gasteiger partial charge in [-0.15, -0.1) is 10.2 Å². The number of Topliss-reactive ketones (excluding diaryl/α,β-unsaturated/α-hetero) is 1. The molecule has 0 atom stereocenters. The summed E-state index contributed by atoms with van der Waals surface area (Å²) in [5.74, 6) is -0.497. The molecule has 0 fully saturated rings. The third-order valence-electron chi connectivity index (χ3n) is 4.55. The molecule has 0 radical (unpaired) electrons. The van der Waals surface area contributed by atoms with Gasteiger partial charge in [-0.1, -0.05) is 30.4 Å². The topological polar surface area (TPSA) is 117 Å². The highest BCUT2D eigenvalue weighted by atomic mass is 32.1. The van der Waals surface area contributed by atoms with Crippen LogP contribution in [-0.4, -0.2) is 41.6 Å². The molecule has 0 aliphatic carbocycles. The van der Waals surface area contributed by atoms with Crippen LogP contribution >= 0.6 is 11.3 Å². The first-order valence-electron chi connectivity index (χ1n) is 10.1. The molecule has 1 amide bonds. The third-order valence-corrected chi connectivity index (χ3v) is 5.45. The number of anilines is 1. The van der Waals surface area contributed by atoms with E-state index in [0.717, 1.165) is 17.8 Å². The lowest BCUT2D eigenvalue weighted by atomic mass is 10.1. The number of rotatable bonds is 10. The van der Waals surface area contributed by atoms with Gasteiger partial charge in [-0.3, -0.25) is 9.59 Å². The second-order valence-corrected chi connectivity index (χ2v) is 7.94. The number of nitrogens with zero attached hydrogens (tertiary/aromatic N) is 2. The normalized spacial score (nSPS) is 10.4. The molecule has 0 aliphatic rings. The lowest BCUT2D eigenvalue weighted by molar-refractivity contribution is -0.147. The number of esters is 1. The fourth-order valence-corrected chi connectivity index (χ4v) is 3.39. The molecule has 0 aliphatic heterocycles. The summed E-state index contributed by atoms with van der Waals surface area (Å²) in [5.41, 5.74) is 2.30. The summed E-state index contributed by atoms with van der Waals surface area (Å²) in [7, 11) is 1.44. The fraction of sp³-hybridized carbons (Fsp3) is 0.261. The number of carbonyl (C=O) groups excluding carboxylic acids is 3. The van der Waals surface area contributed by atoms with Crippen molar-refractivity contribution in [2.24, 2.45) is 0 Å². The van der Waals surface area contributed by atoms with Crippen LogP contribution in [0.25, 0.3) is 0 Å². The molecule has 0 spiro atoms. The average Bonchev–Trinajstić information content (AvgIpc) is 3.31. The zero-order valence-electron chi connectivity index (χ0n) is 18.4. The van der Waals surface area contributed by atoms with Crippen molar-refractivity contribution < 1.29 is 28.6 Å². The molecule has 0 unspecified atom stereocenters. The third kappa shape index (κ3) is 6.59. The SMILES string of the molecule is CCc1ccc(NC(=O)c2nnc(COC(=O)COc3ccc(C(C)=O)cc3OC)s2)cc1. The zero-order chi connectivity index (χ0) is 23.8. The minimum Gasteiger partial charge on any atom is -0.493 e. The predicted molar refractivity (Wildman–Crippen MR) is 122 cm³/mol. The van der Waals surface area contributed by atoms with Crippen LogP contribution in [0.3, 0.4) is 0 Å². The molecule has 172 valence electrons. The lowest BCUT2D eigenvalue weighted by Crippen LogP contribution is -2.15. The van der Waals surface area contributed by atoms with E-state index >= 15 is 0 Å². The minimum atomic E-state index is -0.634. The smallest absolute Gasteiger partial charge is 0.344 e. The van der Waals surface area contributed by atoms with E-state index in [1.165, 1.54) is 25.7 Å².